The molecule has 0 aromatic heterocycles. The summed E-state index contributed by atoms with van der Waals surface area (Å²) in [7, 11) is 0. The Morgan fingerprint density at radius 1 is 1.25 bits per heavy atom. The van der Waals surface area contributed by atoms with Crippen LogP contribution in [0.2, 0.25) is 0 Å². The first kappa shape index (κ1) is 9.02. The van der Waals surface area contributed by atoms with Gasteiger partial charge in [0.2, 0.25) is 0 Å². The first-order chi connectivity index (χ1) is 1.41. The first-order valence-corrected chi connectivity index (χ1v) is 1.15. The molecule has 0 aliphatic heterocycles. The molecule has 4 heavy (non-hydrogen) atoms. The number of rotatable bonds is 0. The van der Waals surface area contributed by atoms with Crippen LogP contribution in [-0.4, -0.2) is 0 Å². The second kappa shape index (κ2) is 8.84. The smallest absolute Gasteiger partial charge is 0 e. The molecule has 0 atom stereocenters. The van der Waals surface area contributed by atoms with Crippen molar-refractivity contribution in [2.24, 2.45) is 0 Å². The molecule has 1 heteroatoms. The van der Waals surface area contributed by atoms with E-state index in [0.717, 1.165) is 0 Å². The van der Waals surface area contributed by atoms with Crippen molar-refractivity contribution in [3.05, 3.63) is 6.42 Å². The molecule has 0 heterocycles. The van der Waals surface area contributed by atoms with Crippen LogP contribution in [0, 0.1) is 47.3 Å². The van der Waals surface area contributed by atoms with E-state index in [1.807, 2.05) is 20.3 Å². The Bertz CT molecular complexity index is 3.25. The molecule has 0 saturated heterocycles. The second-order valence-corrected chi connectivity index (χ2v) is 0.577. The van der Waals surface area contributed by atoms with E-state index < -0.39 is 0 Å². The van der Waals surface area contributed by atoms with Gasteiger partial charge in [0.15, 0.2) is 0 Å². The van der Waals surface area contributed by atoms with E-state index in [4.69, 9.17) is 0 Å². The van der Waals surface area contributed by atoms with E-state index in [1.54, 1.807) is 0 Å². The molecule has 0 aromatic carbocycles. The summed E-state index contributed by atoms with van der Waals surface area (Å²) in [5, 5.41) is 0. The minimum atomic E-state index is 0. The molecule has 0 spiro atoms. The van der Waals surface area contributed by atoms with Gasteiger partial charge in [-0.25, -0.2) is 0 Å². The maximum Gasteiger partial charge on any atom is 0 e. The predicted molar refractivity (Wildman–Crippen MR) is 15.6 cm³/mol. The van der Waals surface area contributed by atoms with Crippen LogP contribution in [0.4, 0.5) is 0 Å². The standard InChI is InChI=1S/C3H7.Nd/c1-3-2;/h3H,1-2H3;/q-1;. The Balaban J connectivity index is 0. The van der Waals surface area contributed by atoms with Crippen LogP contribution in [0.25, 0.3) is 0 Å². The van der Waals surface area contributed by atoms with Gasteiger partial charge in [-0.15, -0.1) is 0 Å². The van der Waals surface area contributed by atoms with Gasteiger partial charge in [-0.3, -0.25) is 0 Å². The van der Waals surface area contributed by atoms with Gasteiger partial charge in [-0.1, -0.05) is 0 Å². The summed E-state index contributed by atoms with van der Waals surface area (Å²) in [5.74, 6) is 0. The minimum absolute atomic E-state index is 0. The molecular weight excluding hydrogens is 180 g/mol. The minimum Gasteiger partial charge on any atom is -0.335 e. The van der Waals surface area contributed by atoms with Crippen LogP contribution in [0.5, 0.6) is 0 Å². The fourth-order valence-corrected chi connectivity index (χ4v) is 0. The van der Waals surface area contributed by atoms with Gasteiger partial charge < -0.3 is 6.42 Å². The molecule has 0 bridgehead atoms. The molecule has 0 nitrogen and oxygen atoms in total. The van der Waals surface area contributed by atoms with Crippen molar-refractivity contribution in [1.29, 1.82) is 0 Å². The number of hydrogen-bond donors (Lipinski definition) is 0. The molecule has 0 fully saturated rings. The van der Waals surface area contributed by atoms with Gasteiger partial charge in [-0.05, 0) is 0 Å². The van der Waals surface area contributed by atoms with Crippen LogP contribution in [-0.2, 0) is 0 Å². The normalized spacial score (nSPS) is 4.50. The van der Waals surface area contributed by atoms with Crippen molar-refractivity contribution in [2.75, 3.05) is 0 Å². The van der Waals surface area contributed by atoms with Gasteiger partial charge in [0.1, 0.15) is 0 Å². The van der Waals surface area contributed by atoms with Crippen molar-refractivity contribution >= 4 is 0 Å². The molecular formula is C3H7Nd-. The first-order valence-electron chi connectivity index (χ1n) is 1.15. The van der Waals surface area contributed by atoms with Crippen molar-refractivity contribution in [3.63, 3.8) is 0 Å². The van der Waals surface area contributed by atoms with Crippen LogP contribution >= 0.6 is 0 Å². The summed E-state index contributed by atoms with van der Waals surface area (Å²) in [6.07, 6.45) is 2.00. The molecule has 0 aliphatic rings. The van der Waals surface area contributed by atoms with Crippen LogP contribution in [0.15, 0.2) is 0 Å². The Labute approximate surface area is 60.5 Å². The third-order valence-electron chi connectivity index (χ3n) is 0. The molecule has 0 unspecified atom stereocenters. The van der Waals surface area contributed by atoms with Crippen molar-refractivity contribution < 1.29 is 40.8 Å². The van der Waals surface area contributed by atoms with E-state index in [0.29, 0.717) is 0 Å². The molecule has 24 valence electrons. The van der Waals surface area contributed by atoms with Gasteiger partial charge in [0.25, 0.3) is 0 Å². The second-order valence-electron chi connectivity index (χ2n) is 0.577. The van der Waals surface area contributed by atoms with Crippen LogP contribution < -0.4 is 0 Å². The monoisotopic (exact) mass is 185 g/mol. The van der Waals surface area contributed by atoms with E-state index in [2.05, 4.69) is 0 Å². The predicted octanol–water partition coefficient (Wildman–Crippen LogP) is 1.23. The average Bonchev–Trinajstić information content (AvgIpc) is 0.918. The third kappa shape index (κ3) is 10.1. The van der Waals surface area contributed by atoms with Gasteiger partial charge in [0.05, 0.1) is 0 Å². The Morgan fingerprint density at radius 3 is 1.25 bits per heavy atom. The van der Waals surface area contributed by atoms with Gasteiger partial charge in [-0.2, -0.15) is 13.8 Å². The zero-order valence-corrected chi connectivity index (χ0v) is 6.29. The van der Waals surface area contributed by atoms with Crippen molar-refractivity contribution in [2.45, 2.75) is 13.8 Å². The van der Waals surface area contributed by atoms with E-state index in [1.165, 1.54) is 0 Å². The van der Waals surface area contributed by atoms with Crippen molar-refractivity contribution in [1.82, 2.24) is 0 Å². The summed E-state index contributed by atoms with van der Waals surface area (Å²) in [6.45, 7) is 4.00. The third-order valence-corrected chi connectivity index (χ3v) is 0. The largest absolute Gasteiger partial charge is 0.335 e. The quantitative estimate of drug-likeness (QED) is 0.500. The number of hydrogen-bond acceptors (Lipinski definition) is 0. The molecule has 0 N–H and O–H groups in total. The average molecular weight is 187 g/mol. The molecule has 0 saturated carbocycles. The molecule has 0 radical (unpaired) electrons. The van der Waals surface area contributed by atoms with E-state index in [-0.39, 0.29) is 40.8 Å². The van der Waals surface area contributed by atoms with E-state index in [9.17, 15) is 0 Å². The molecule has 0 aliphatic carbocycles. The summed E-state index contributed by atoms with van der Waals surface area (Å²) >= 11 is 0. The van der Waals surface area contributed by atoms with Gasteiger partial charge >= 0.3 is 0 Å². The summed E-state index contributed by atoms with van der Waals surface area (Å²) < 4.78 is 0. The van der Waals surface area contributed by atoms with E-state index >= 15 is 0 Å². The summed E-state index contributed by atoms with van der Waals surface area (Å²) in [5.41, 5.74) is 0. The fourth-order valence-electron chi connectivity index (χ4n) is 0. The zero-order valence-electron chi connectivity index (χ0n) is 3.08. The molecule has 0 aromatic rings. The van der Waals surface area contributed by atoms with Crippen molar-refractivity contribution in [3.8, 4) is 0 Å². The maximum atomic E-state index is 2.00. The molecule has 0 rings (SSSR count). The Hall–Kier alpha value is 1.35. The summed E-state index contributed by atoms with van der Waals surface area (Å²) in [4.78, 5) is 0. The maximum absolute atomic E-state index is 2.00. The SMILES string of the molecule is C[CH-]C.[Nd]. The van der Waals surface area contributed by atoms with Crippen LogP contribution in [0.3, 0.4) is 0 Å². The summed E-state index contributed by atoms with van der Waals surface area (Å²) in [6, 6.07) is 0. The fraction of sp³-hybridized carbons (Fsp3) is 0.667. The Kier molecular flexibility index (Phi) is 19.9. The molecule has 0 amide bonds. The van der Waals surface area contributed by atoms with Gasteiger partial charge in [0, 0.05) is 40.8 Å². The van der Waals surface area contributed by atoms with Crippen LogP contribution in [0.1, 0.15) is 13.8 Å². The topological polar surface area (TPSA) is 0 Å². The zero-order chi connectivity index (χ0) is 2.71. The Morgan fingerprint density at radius 2 is 1.25 bits per heavy atom.